The quantitative estimate of drug-likeness (QED) is 0.592. The Morgan fingerprint density at radius 1 is 1.29 bits per heavy atom. The minimum atomic E-state index is -0.169. The van der Waals surface area contributed by atoms with Crippen LogP contribution in [-0.2, 0) is 9.53 Å². The zero-order valence-corrected chi connectivity index (χ0v) is 13.2. The summed E-state index contributed by atoms with van der Waals surface area (Å²) < 4.78 is 15.3. The number of hydrogen-bond donors (Lipinski definition) is 1. The van der Waals surface area contributed by atoms with Gasteiger partial charge >= 0.3 is 0 Å². The maximum Gasteiger partial charge on any atom is 0.244 e. The lowest BCUT2D eigenvalue weighted by Gasteiger charge is -2.10. The van der Waals surface area contributed by atoms with Crippen LogP contribution in [0.3, 0.4) is 0 Å². The number of carbonyl (C=O) groups is 1. The molecule has 1 N–H and O–H groups in total. The lowest BCUT2D eigenvalue weighted by molar-refractivity contribution is -0.116. The van der Waals surface area contributed by atoms with Gasteiger partial charge in [0.05, 0.1) is 19.2 Å². The van der Waals surface area contributed by atoms with Gasteiger partial charge in [-0.05, 0) is 30.2 Å². The second-order valence-corrected chi connectivity index (χ2v) is 4.62. The number of rotatable bonds is 8. The van der Waals surface area contributed by atoms with Gasteiger partial charge < -0.3 is 19.5 Å². The molecule has 0 radical (unpaired) electrons. The van der Waals surface area contributed by atoms with Gasteiger partial charge in [-0.15, -0.1) is 0 Å². The molecule has 0 aliphatic carbocycles. The van der Waals surface area contributed by atoms with Gasteiger partial charge in [-0.1, -0.05) is 11.6 Å². The number of methoxy groups -OCH3 is 3. The number of nitrogens with one attached hydrogen (secondary N) is 1. The van der Waals surface area contributed by atoms with Gasteiger partial charge in [-0.2, -0.15) is 0 Å². The Morgan fingerprint density at radius 3 is 2.67 bits per heavy atom. The maximum absolute atomic E-state index is 11.6. The highest BCUT2D eigenvalue weighted by atomic mass is 35.5. The predicted molar refractivity (Wildman–Crippen MR) is 83.1 cm³/mol. The van der Waals surface area contributed by atoms with E-state index in [1.54, 1.807) is 25.3 Å². The van der Waals surface area contributed by atoms with E-state index in [0.29, 0.717) is 29.7 Å². The zero-order chi connectivity index (χ0) is 15.7. The Balaban J connectivity index is 2.67. The molecule has 1 rings (SSSR count). The molecular weight excluding hydrogens is 294 g/mol. The molecule has 1 aromatic carbocycles. The molecule has 0 heterocycles. The van der Waals surface area contributed by atoms with Crippen molar-refractivity contribution >= 4 is 23.6 Å². The number of carbonyl (C=O) groups excluding carboxylic acids is 1. The average molecular weight is 314 g/mol. The summed E-state index contributed by atoms with van der Waals surface area (Å²) in [7, 11) is 4.68. The van der Waals surface area contributed by atoms with Gasteiger partial charge in [0.2, 0.25) is 5.91 Å². The second-order valence-electron chi connectivity index (χ2n) is 4.21. The van der Waals surface area contributed by atoms with E-state index in [4.69, 9.17) is 25.8 Å². The van der Waals surface area contributed by atoms with E-state index in [9.17, 15) is 4.79 Å². The lowest BCUT2D eigenvalue weighted by Crippen LogP contribution is -2.22. The molecule has 0 spiro atoms. The minimum Gasteiger partial charge on any atom is -0.493 e. The standard InChI is InChI=1S/C15H20ClNO4/c1-19-8-4-7-17-14(18)6-5-11-9-12(16)15(21-3)13(10-11)20-2/h5-6,9-10H,4,7-8H2,1-3H3,(H,17,18)/b6-5+. The molecule has 0 saturated heterocycles. The van der Waals surface area contributed by atoms with E-state index in [1.807, 2.05) is 0 Å². The van der Waals surface area contributed by atoms with Crippen molar-refractivity contribution < 1.29 is 19.0 Å². The molecule has 0 aliphatic heterocycles. The highest BCUT2D eigenvalue weighted by Gasteiger charge is 2.09. The number of hydrogen-bond acceptors (Lipinski definition) is 4. The van der Waals surface area contributed by atoms with Gasteiger partial charge in [0.1, 0.15) is 0 Å². The van der Waals surface area contributed by atoms with Crippen molar-refractivity contribution in [1.29, 1.82) is 0 Å². The summed E-state index contributed by atoms with van der Waals surface area (Å²) >= 11 is 6.09. The fraction of sp³-hybridized carbons (Fsp3) is 0.400. The second kappa shape index (κ2) is 9.26. The molecule has 21 heavy (non-hydrogen) atoms. The highest BCUT2D eigenvalue weighted by Crippen LogP contribution is 2.36. The highest BCUT2D eigenvalue weighted by molar-refractivity contribution is 6.32. The molecule has 6 heteroatoms. The van der Waals surface area contributed by atoms with Crippen LogP contribution in [0.15, 0.2) is 18.2 Å². The van der Waals surface area contributed by atoms with Crippen LogP contribution in [-0.4, -0.2) is 40.4 Å². The molecule has 1 aromatic rings. The summed E-state index contributed by atoms with van der Waals surface area (Å²) in [5, 5.41) is 3.19. The Kier molecular flexibility index (Phi) is 7.64. The smallest absolute Gasteiger partial charge is 0.244 e. The first-order valence-electron chi connectivity index (χ1n) is 6.48. The van der Waals surface area contributed by atoms with Crippen LogP contribution >= 0.6 is 11.6 Å². The molecule has 0 atom stereocenters. The molecule has 0 fully saturated rings. The lowest BCUT2D eigenvalue weighted by atomic mass is 10.2. The van der Waals surface area contributed by atoms with Gasteiger partial charge in [-0.3, -0.25) is 4.79 Å². The number of benzene rings is 1. The van der Waals surface area contributed by atoms with E-state index in [0.717, 1.165) is 12.0 Å². The van der Waals surface area contributed by atoms with E-state index in [1.165, 1.54) is 20.3 Å². The number of amides is 1. The van der Waals surface area contributed by atoms with Crippen LogP contribution < -0.4 is 14.8 Å². The van der Waals surface area contributed by atoms with Gasteiger partial charge in [0, 0.05) is 26.3 Å². The third-order valence-electron chi connectivity index (χ3n) is 2.71. The Hall–Kier alpha value is -1.72. The SMILES string of the molecule is COCCCNC(=O)/C=C/c1cc(Cl)c(OC)c(OC)c1. The molecule has 0 unspecified atom stereocenters. The van der Waals surface area contributed by atoms with E-state index in [-0.39, 0.29) is 5.91 Å². The normalized spacial score (nSPS) is 10.7. The Morgan fingerprint density at radius 2 is 2.05 bits per heavy atom. The van der Waals surface area contributed by atoms with Crippen LogP contribution in [0.2, 0.25) is 5.02 Å². The van der Waals surface area contributed by atoms with Crippen LogP contribution in [0, 0.1) is 0 Å². The number of ether oxygens (including phenoxy) is 3. The molecule has 5 nitrogen and oxygen atoms in total. The van der Waals surface area contributed by atoms with Crippen molar-refractivity contribution in [2.24, 2.45) is 0 Å². The monoisotopic (exact) mass is 313 g/mol. The minimum absolute atomic E-state index is 0.169. The van der Waals surface area contributed by atoms with Crippen molar-refractivity contribution in [1.82, 2.24) is 5.32 Å². The van der Waals surface area contributed by atoms with Crippen molar-refractivity contribution in [3.8, 4) is 11.5 Å². The van der Waals surface area contributed by atoms with Crippen LogP contribution in [0.25, 0.3) is 6.08 Å². The summed E-state index contributed by atoms with van der Waals surface area (Å²) in [6.45, 7) is 1.19. The summed E-state index contributed by atoms with van der Waals surface area (Å²) in [6, 6.07) is 3.46. The largest absolute Gasteiger partial charge is 0.493 e. The third kappa shape index (κ3) is 5.65. The van der Waals surface area contributed by atoms with Gasteiger partial charge in [0.25, 0.3) is 0 Å². The van der Waals surface area contributed by atoms with Crippen LogP contribution in [0.5, 0.6) is 11.5 Å². The maximum atomic E-state index is 11.6. The molecule has 0 bridgehead atoms. The van der Waals surface area contributed by atoms with E-state index < -0.39 is 0 Å². The topological polar surface area (TPSA) is 56.8 Å². The molecule has 0 saturated carbocycles. The average Bonchev–Trinajstić information content (AvgIpc) is 2.48. The van der Waals surface area contributed by atoms with Crippen molar-refractivity contribution in [2.45, 2.75) is 6.42 Å². The van der Waals surface area contributed by atoms with E-state index in [2.05, 4.69) is 5.32 Å². The summed E-state index contributed by atoms with van der Waals surface area (Å²) in [5.74, 6) is 0.822. The summed E-state index contributed by atoms with van der Waals surface area (Å²) in [4.78, 5) is 11.6. The summed E-state index contributed by atoms with van der Waals surface area (Å²) in [6.07, 6.45) is 3.89. The van der Waals surface area contributed by atoms with Crippen LogP contribution in [0.1, 0.15) is 12.0 Å². The third-order valence-corrected chi connectivity index (χ3v) is 2.99. The Labute approximate surface area is 129 Å². The number of halogens is 1. The van der Waals surface area contributed by atoms with Crippen molar-refractivity contribution in [3.63, 3.8) is 0 Å². The van der Waals surface area contributed by atoms with Gasteiger partial charge in [0.15, 0.2) is 11.5 Å². The summed E-state index contributed by atoms with van der Waals surface area (Å²) in [5.41, 5.74) is 0.754. The first-order valence-corrected chi connectivity index (χ1v) is 6.86. The first-order chi connectivity index (χ1) is 10.1. The Bertz CT molecular complexity index is 503. The van der Waals surface area contributed by atoms with Gasteiger partial charge in [-0.25, -0.2) is 0 Å². The molecule has 116 valence electrons. The molecular formula is C15H20ClNO4. The van der Waals surface area contributed by atoms with Crippen LogP contribution in [0.4, 0.5) is 0 Å². The molecule has 0 aromatic heterocycles. The fourth-order valence-corrected chi connectivity index (χ4v) is 1.99. The predicted octanol–water partition coefficient (Wildman–Crippen LogP) is 2.52. The first kappa shape index (κ1) is 17.3. The van der Waals surface area contributed by atoms with Crippen molar-refractivity contribution in [2.75, 3.05) is 34.5 Å². The molecule has 0 aliphatic rings. The molecule has 1 amide bonds. The zero-order valence-electron chi connectivity index (χ0n) is 12.4. The van der Waals surface area contributed by atoms with E-state index >= 15 is 0 Å². The fourth-order valence-electron chi connectivity index (χ4n) is 1.69. The van der Waals surface area contributed by atoms with Crippen molar-refractivity contribution in [3.05, 3.63) is 28.8 Å².